The lowest BCUT2D eigenvalue weighted by Crippen LogP contribution is -1.99. The van der Waals surface area contributed by atoms with Crippen molar-refractivity contribution in [2.45, 2.75) is 6.92 Å². The Kier molecular flexibility index (Phi) is 3.76. The molecule has 0 fully saturated rings. The molecule has 0 bridgehead atoms. The Bertz CT molecular complexity index is 302. The molecule has 0 aliphatic heterocycles. The van der Waals surface area contributed by atoms with Gasteiger partial charge in [0.05, 0.1) is 12.3 Å². The first-order chi connectivity index (χ1) is 6.27. The maximum absolute atomic E-state index is 10.3. The third kappa shape index (κ3) is 2.73. The van der Waals surface area contributed by atoms with Crippen LogP contribution in [0.15, 0.2) is 22.7 Å². The molecule has 0 saturated heterocycles. The minimum Gasteiger partial charge on any atom is -0.492 e. The summed E-state index contributed by atoms with van der Waals surface area (Å²) in [4.78, 5) is 10.3. The average molecular weight is 244 g/mol. The molecule has 1 N–H and O–H groups in total. The molecule has 1 aromatic carbocycles. The molecule has 1 rings (SSSR count). The van der Waals surface area contributed by atoms with Crippen molar-refractivity contribution in [3.8, 4) is 5.75 Å². The number of hydrogen-bond acceptors (Lipinski definition) is 2. The third-order valence-corrected chi connectivity index (χ3v) is 1.95. The number of rotatable bonds is 4. The van der Waals surface area contributed by atoms with E-state index < -0.39 is 0 Å². The van der Waals surface area contributed by atoms with Crippen LogP contribution in [-0.4, -0.2) is 13.0 Å². The Labute approximate surface area is 85.2 Å². The first kappa shape index (κ1) is 10.1. The van der Waals surface area contributed by atoms with E-state index in [1.54, 1.807) is 12.1 Å². The number of benzene rings is 1. The number of ether oxygens (including phenoxy) is 1. The van der Waals surface area contributed by atoms with E-state index in [9.17, 15) is 4.79 Å². The predicted molar refractivity (Wildman–Crippen MR) is 55.0 cm³/mol. The lowest BCUT2D eigenvalue weighted by atomic mass is 10.3. The fourth-order valence-electron chi connectivity index (χ4n) is 0.960. The van der Waals surface area contributed by atoms with Crippen molar-refractivity contribution in [3.63, 3.8) is 0 Å². The van der Waals surface area contributed by atoms with E-state index in [2.05, 4.69) is 21.2 Å². The molecule has 0 saturated carbocycles. The SMILES string of the molecule is CCOc1ccc(Br)cc1NC=O. The highest BCUT2D eigenvalue weighted by Gasteiger charge is 2.02. The molecule has 0 heterocycles. The van der Waals surface area contributed by atoms with Gasteiger partial charge >= 0.3 is 0 Å². The zero-order valence-corrected chi connectivity index (χ0v) is 8.80. The van der Waals surface area contributed by atoms with Gasteiger partial charge in [0.1, 0.15) is 5.75 Å². The molecule has 0 aliphatic rings. The number of carbonyl (C=O) groups excluding carboxylic acids is 1. The molecule has 1 aromatic rings. The minimum atomic E-state index is 0.579. The van der Waals surface area contributed by atoms with Gasteiger partial charge in [-0.3, -0.25) is 4.79 Å². The molecule has 0 radical (unpaired) electrons. The Hall–Kier alpha value is -1.03. The van der Waals surface area contributed by atoms with E-state index in [1.165, 1.54) is 0 Å². The summed E-state index contributed by atoms with van der Waals surface area (Å²) in [5.41, 5.74) is 0.672. The maximum atomic E-state index is 10.3. The van der Waals surface area contributed by atoms with E-state index in [1.807, 2.05) is 13.0 Å². The topological polar surface area (TPSA) is 38.3 Å². The molecule has 0 aromatic heterocycles. The second-order valence-electron chi connectivity index (χ2n) is 2.34. The van der Waals surface area contributed by atoms with Gasteiger partial charge in [-0.2, -0.15) is 0 Å². The van der Waals surface area contributed by atoms with Gasteiger partial charge < -0.3 is 10.1 Å². The first-order valence-corrected chi connectivity index (χ1v) is 4.69. The number of anilines is 1. The van der Waals surface area contributed by atoms with Crippen molar-refractivity contribution in [1.82, 2.24) is 0 Å². The molecule has 0 atom stereocenters. The summed E-state index contributed by atoms with van der Waals surface area (Å²) in [7, 11) is 0. The number of halogens is 1. The van der Waals surface area contributed by atoms with Crippen LogP contribution >= 0.6 is 15.9 Å². The molecule has 0 aliphatic carbocycles. The van der Waals surface area contributed by atoms with Crippen LogP contribution in [0.3, 0.4) is 0 Å². The van der Waals surface area contributed by atoms with Crippen LogP contribution in [0.2, 0.25) is 0 Å². The van der Waals surface area contributed by atoms with Gasteiger partial charge in [-0.25, -0.2) is 0 Å². The zero-order valence-electron chi connectivity index (χ0n) is 7.21. The van der Waals surface area contributed by atoms with Crippen LogP contribution < -0.4 is 10.1 Å². The van der Waals surface area contributed by atoms with E-state index in [0.29, 0.717) is 24.5 Å². The van der Waals surface area contributed by atoms with Crippen LogP contribution in [0.5, 0.6) is 5.75 Å². The van der Waals surface area contributed by atoms with Crippen LogP contribution in [0.1, 0.15) is 6.92 Å². The van der Waals surface area contributed by atoms with Gasteiger partial charge in [-0.15, -0.1) is 0 Å². The van der Waals surface area contributed by atoms with Gasteiger partial charge in [-0.1, -0.05) is 15.9 Å². The van der Waals surface area contributed by atoms with E-state index >= 15 is 0 Å². The van der Waals surface area contributed by atoms with Crippen LogP contribution in [0, 0.1) is 0 Å². The van der Waals surface area contributed by atoms with Crippen molar-refractivity contribution in [2.75, 3.05) is 11.9 Å². The molecule has 0 spiro atoms. The molecule has 3 nitrogen and oxygen atoms in total. The highest BCUT2D eigenvalue weighted by atomic mass is 79.9. The Balaban J connectivity index is 2.95. The Morgan fingerprint density at radius 1 is 1.62 bits per heavy atom. The monoisotopic (exact) mass is 243 g/mol. The quantitative estimate of drug-likeness (QED) is 0.826. The predicted octanol–water partition coefficient (Wildman–Crippen LogP) is 2.42. The van der Waals surface area contributed by atoms with Crippen molar-refractivity contribution < 1.29 is 9.53 Å². The van der Waals surface area contributed by atoms with E-state index in [-0.39, 0.29) is 0 Å². The number of nitrogens with one attached hydrogen (secondary N) is 1. The fourth-order valence-corrected chi connectivity index (χ4v) is 1.32. The molecule has 4 heteroatoms. The molecule has 1 amide bonds. The Morgan fingerprint density at radius 2 is 2.38 bits per heavy atom. The zero-order chi connectivity index (χ0) is 9.68. The number of hydrogen-bond donors (Lipinski definition) is 1. The van der Waals surface area contributed by atoms with Crippen LogP contribution in [0.25, 0.3) is 0 Å². The average Bonchev–Trinajstić information content (AvgIpc) is 2.10. The lowest BCUT2D eigenvalue weighted by Gasteiger charge is -2.08. The molecule has 70 valence electrons. The summed E-state index contributed by atoms with van der Waals surface area (Å²) < 4.78 is 6.21. The first-order valence-electron chi connectivity index (χ1n) is 3.90. The van der Waals surface area contributed by atoms with Gasteiger partial charge in [0.2, 0.25) is 6.41 Å². The third-order valence-electron chi connectivity index (χ3n) is 1.46. The summed E-state index contributed by atoms with van der Waals surface area (Å²) in [5, 5.41) is 2.57. The summed E-state index contributed by atoms with van der Waals surface area (Å²) in [6.45, 7) is 2.47. The Morgan fingerprint density at radius 3 is 3.00 bits per heavy atom. The second-order valence-corrected chi connectivity index (χ2v) is 3.25. The molecular formula is C9H10BrNO2. The smallest absolute Gasteiger partial charge is 0.211 e. The van der Waals surface area contributed by atoms with Crippen LogP contribution in [0.4, 0.5) is 5.69 Å². The van der Waals surface area contributed by atoms with Crippen molar-refractivity contribution in [3.05, 3.63) is 22.7 Å². The maximum Gasteiger partial charge on any atom is 0.211 e. The minimum absolute atomic E-state index is 0.579. The van der Waals surface area contributed by atoms with Gasteiger partial charge in [-0.05, 0) is 25.1 Å². The normalized spacial score (nSPS) is 9.38. The van der Waals surface area contributed by atoms with Crippen LogP contribution in [-0.2, 0) is 4.79 Å². The summed E-state index contributed by atoms with van der Waals surface area (Å²) in [6, 6.07) is 5.46. The standard InChI is InChI=1S/C9H10BrNO2/c1-2-13-9-4-3-7(10)5-8(9)11-6-12/h3-6H,2H2,1H3,(H,11,12). The van der Waals surface area contributed by atoms with Crippen molar-refractivity contribution in [2.24, 2.45) is 0 Å². The molecule has 0 unspecified atom stereocenters. The molecule has 13 heavy (non-hydrogen) atoms. The van der Waals surface area contributed by atoms with Crippen molar-refractivity contribution in [1.29, 1.82) is 0 Å². The fraction of sp³-hybridized carbons (Fsp3) is 0.222. The highest BCUT2D eigenvalue weighted by molar-refractivity contribution is 9.10. The molecular weight excluding hydrogens is 234 g/mol. The summed E-state index contributed by atoms with van der Waals surface area (Å²) in [6.07, 6.45) is 0.629. The summed E-state index contributed by atoms with van der Waals surface area (Å²) >= 11 is 3.31. The van der Waals surface area contributed by atoms with Gasteiger partial charge in [0, 0.05) is 4.47 Å². The van der Waals surface area contributed by atoms with E-state index in [0.717, 1.165) is 4.47 Å². The largest absolute Gasteiger partial charge is 0.492 e. The second kappa shape index (κ2) is 4.87. The number of carbonyl (C=O) groups is 1. The highest BCUT2D eigenvalue weighted by Crippen LogP contribution is 2.27. The van der Waals surface area contributed by atoms with Crippen molar-refractivity contribution >= 4 is 28.0 Å². The van der Waals surface area contributed by atoms with Gasteiger partial charge in [0.25, 0.3) is 0 Å². The van der Waals surface area contributed by atoms with Gasteiger partial charge in [0.15, 0.2) is 0 Å². The summed E-state index contributed by atoms with van der Waals surface area (Å²) in [5.74, 6) is 0.679. The lowest BCUT2D eigenvalue weighted by molar-refractivity contribution is -0.105. The van der Waals surface area contributed by atoms with E-state index in [4.69, 9.17) is 4.74 Å². The number of amides is 1.